The molecular formula is C22H22N4O2S. The van der Waals surface area contributed by atoms with Gasteiger partial charge in [-0.2, -0.15) is 0 Å². The minimum absolute atomic E-state index is 0.000552. The number of ether oxygens (including phenoxy) is 2. The Labute approximate surface area is 175 Å². The Hall–Kier alpha value is -3.06. The topological polar surface area (TPSA) is 51.6 Å². The minimum atomic E-state index is -0.000552. The van der Waals surface area contributed by atoms with E-state index < -0.39 is 0 Å². The normalized spacial score (nSPS) is 20.2. The molecule has 0 bridgehead atoms. The predicted octanol–water partition coefficient (Wildman–Crippen LogP) is 3.82. The lowest BCUT2D eigenvalue weighted by Crippen LogP contribution is -2.25. The van der Waals surface area contributed by atoms with Crippen molar-refractivity contribution in [3.05, 3.63) is 71.3 Å². The molecule has 2 aromatic heterocycles. The first-order valence-electron chi connectivity index (χ1n) is 9.57. The molecule has 3 aromatic rings. The van der Waals surface area contributed by atoms with Crippen molar-refractivity contribution in [1.82, 2.24) is 19.8 Å². The lowest BCUT2D eigenvalue weighted by molar-refractivity contribution is 0.174. The average molecular weight is 407 g/mol. The molecule has 0 amide bonds. The van der Waals surface area contributed by atoms with Crippen molar-refractivity contribution in [3.63, 3.8) is 0 Å². The number of hydrogen-bond donors (Lipinski definition) is 1. The zero-order chi connectivity index (χ0) is 20.1. The van der Waals surface area contributed by atoms with Crippen LogP contribution in [-0.2, 0) is 0 Å². The number of thiocarbonyl (C=S) groups is 1. The molecule has 1 aromatic carbocycles. The second-order valence-electron chi connectivity index (χ2n) is 7.44. The molecule has 1 saturated heterocycles. The number of nitrogens with one attached hydrogen (secondary N) is 1. The van der Waals surface area contributed by atoms with Gasteiger partial charge in [-0.3, -0.25) is 4.98 Å². The Balaban J connectivity index is 1.59. The summed E-state index contributed by atoms with van der Waals surface area (Å²) in [6.07, 6.45) is 1.82. The van der Waals surface area contributed by atoms with Gasteiger partial charge >= 0.3 is 0 Å². The lowest BCUT2D eigenvalue weighted by atomic mass is 9.97. The van der Waals surface area contributed by atoms with E-state index >= 15 is 0 Å². The summed E-state index contributed by atoms with van der Waals surface area (Å²) in [5.74, 6) is 1.57. The standard InChI is InChI=1S/C22H22N4O2S/c1-13-10-16(14(2)26(13)15-7-8-18-19(11-15)28-12-27-18)21-20(24-22(29)25(21)3)17-6-4-5-9-23-17/h4-11,20-21H,12H2,1-3H3,(H,24,29)/t20-,21+/m1/s1. The SMILES string of the molecule is Cc1cc([C@H]2[C@@H](c3ccccn3)NC(=S)N2C)c(C)n1-c1ccc2c(c1)OCO2. The second-order valence-corrected chi connectivity index (χ2v) is 7.82. The van der Waals surface area contributed by atoms with E-state index in [0.717, 1.165) is 33.7 Å². The van der Waals surface area contributed by atoms with Gasteiger partial charge in [0.2, 0.25) is 6.79 Å². The van der Waals surface area contributed by atoms with Crippen LogP contribution in [0.1, 0.15) is 34.7 Å². The van der Waals surface area contributed by atoms with E-state index in [4.69, 9.17) is 21.7 Å². The molecule has 6 nitrogen and oxygen atoms in total. The quantitative estimate of drug-likeness (QED) is 0.668. The van der Waals surface area contributed by atoms with Crippen molar-refractivity contribution >= 4 is 17.3 Å². The number of likely N-dealkylation sites (N-methyl/N-ethyl adjacent to an activating group) is 1. The Bertz CT molecular complexity index is 1100. The number of benzene rings is 1. The number of aryl methyl sites for hydroxylation is 1. The first-order valence-corrected chi connectivity index (χ1v) is 9.98. The molecule has 2 atom stereocenters. The highest BCUT2D eigenvalue weighted by atomic mass is 32.1. The van der Waals surface area contributed by atoms with Gasteiger partial charge in [0, 0.05) is 36.4 Å². The first kappa shape index (κ1) is 18.0. The third-order valence-corrected chi connectivity index (χ3v) is 6.15. The van der Waals surface area contributed by atoms with Crippen LogP contribution in [-0.4, -0.2) is 33.4 Å². The van der Waals surface area contributed by atoms with Crippen LogP contribution in [0.5, 0.6) is 11.5 Å². The van der Waals surface area contributed by atoms with Crippen LogP contribution in [0.15, 0.2) is 48.7 Å². The fourth-order valence-electron chi connectivity index (χ4n) is 4.36. The van der Waals surface area contributed by atoms with Gasteiger partial charge in [0.1, 0.15) is 0 Å². The van der Waals surface area contributed by atoms with Gasteiger partial charge < -0.3 is 24.3 Å². The van der Waals surface area contributed by atoms with Gasteiger partial charge in [0.05, 0.1) is 17.8 Å². The molecule has 0 spiro atoms. The molecule has 5 rings (SSSR count). The van der Waals surface area contributed by atoms with E-state index in [2.05, 4.69) is 45.7 Å². The second kappa shape index (κ2) is 6.77. The third-order valence-electron chi connectivity index (χ3n) is 5.74. The van der Waals surface area contributed by atoms with E-state index in [1.54, 1.807) is 0 Å². The van der Waals surface area contributed by atoms with Crippen LogP contribution in [0.4, 0.5) is 0 Å². The third kappa shape index (κ3) is 2.84. The van der Waals surface area contributed by atoms with Crippen molar-refractivity contribution in [2.24, 2.45) is 0 Å². The van der Waals surface area contributed by atoms with Gasteiger partial charge in [-0.25, -0.2) is 0 Å². The monoisotopic (exact) mass is 406 g/mol. The van der Waals surface area contributed by atoms with Crippen molar-refractivity contribution in [3.8, 4) is 17.2 Å². The molecule has 2 aliphatic rings. The molecular weight excluding hydrogens is 384 g/mol. The number of nitrogens with zero attached hydrogens (tertiary/aromatic N) is 3. The molecule has 0 radical (unpaired) electrons. The smallest absolute Gasteiger partial charge is 0.231 e. The zero-order valence-corrected chi connectivity index (χ0v) is 17.4. The summed E-state index contributed by atoms with van der Waals surface area (Å²) in [7, 11) is 2.04. The average Bonchev–Trinajstić information content (AvgIpc) is 3.39. The van der Waals surface area contributed by atoms with Crippen LogP contribution < -0.4 is 14.8 Å². The zero-order valence-electron chi connectivity index (χ0n) is 16.5. The van der Waals surface area contributed by atoms with Crippen molar-refractivity contribution in [1.29, 1.82) is 0 Å². The number of aromatic nitrogens is 2. The van der Waals surface area contributed by atoms with Gasteiger partial charge in [0.25, 0.3) is 0 Å². The Morgan fingerprint density at radius 3 is 2.72 bits per heavy atom. The minimum Gasteiger partial charge on any atom is -0.454 e. The molecule has 1 fully saturated rings. The van der Waals surface area contributed by atoms with Crippen molar-refractivity contribution in [2.45, 2.75) is 25.9 Å². The summed E-state index contributed by atoms with van der Waals surface area (Å²) in [6, 6.07) is 14.4. The van der Waals surface area contributed by atoms with Crippen LogP contribution in [0.3, 0.4) is 0 Å². The Kier molecular flexibility index (Phi) is 4.20. The number of rotatable bonds is 3. The van der Waals surface area contributed by atoms with Crippen molar-refractivity contribution < 1.29 is 9.47 Å². The number of pyridine rings is 1. The highest BCUT2D eigenvalue weighted by molar-refractivity contribution is 7.80. The summed E-state index contributed by atoms with van der Waals surface area (Å²) in [6.45, 7) is 4.55. The number of fused-ring (bicyclic) bond motifs is 1. The lowest BCUT2D eigenvalue weighted by Gasteiger charge is -2.24. The summed E-state index contributed by atoms with van der Waals surface area (Å²) in [4.78, 5) is 6.70. The molecule has 0 unspecified atom stereocenters. The molecule has 4 heterocycles. The number of hydrogen-bond acceptors (Lipinski definition) is 4. The Morgan fingerprint density at radius 1 is 1.10 bits per heavy atom. The van der Waals surface area contributed by atoms with Gasteiger partial charge in [-0.15, -0.1) is 0 Å². The van der Waals surface area contributed by atoms with Gasteiger partial charge in [0.15, 0.2) is 16.6 Å². The predicted molar refractivity (Wildman–Crippen MR) is 115 cm³/mol. The largest absolute Gasteiger partial charge is 0.454 e. The van der Waals surface area contributed by atoms with E-state index in [0.29, 0.717) is 0 Å². The van der Waals surface area contributed by atoms with Crippen LogP contribution >= 0.6 is 12.2 Å². The molecule has 0 aliphatic carbocycles. The summed E-state index contributed by atoms with van der Waals surface area (Å²) in [5, 5.41) is 4.18. The summed E-state index contributed by atoms with van der Waals surface area (Å²) in [5.41, 5.74) is 5.59. The summed E-state index contributed by atoms with van der Waals surface area (Å²) >= 11 is 5.58. The Morgan fingerprint density at radius 2 is 1.93 bits per heavy atom. The maximum Gasteiger partial charge on any atom is 0.231 e. The van der Waals surface area contributed by atoms with Crippen molar-refractivity contribution in [2.75, 3.05) is 13.8 Å². The maximum atomic E-state index is 5.58. The van der Waals surface area contributed by atoms with E-state index in [1.165, 1.54) is 11.3 Å². The fraction of sp³-hybridized carbons (Fsp3) is 0.273. The van der Waals surface area contributed by atoms with Crippen LogP contribution in [0.2, 0.25) is 0 Å². The van der Waals surface area contributed by atoms with E-state index in [1.807, 2.05) is 43.6 Å². The molecule has 2 aliphatic heterocycles. The van der Waals surface area contributed by atoms with Crippen LogP contribution in [0.25, 0.3) is 5.69 Å². The molecule has 0 saturated carbocycles. The molecule has 7 heteroatoms. The van der Waals surface area contributed by atoms with Crippen LogP contribution in [0, 0.1) is 13.8 Å². The highest BCUT2D eigenvalue weighted by Gasteiger charge is 2.39. The van der Waals surface area contributed by atoms with Gasteiger partial charge in [-0.1, -0.05) is 6.07 Å². The van der Waals surface area contributed by atoms with E-state index in [9.17, 15) is 0 Å². The van der Waals surface area contributed by atoms with Gasteiger partial charge in [-0.05, 0) is 62.0 Å². The fourth-order valence-corrected chi connectivity index (χ4v) is 4.60. The summed E-state index contributed by atoms with van der Waals surface area (Å²) < 4.78 is 13.3. The molecule has 1 N–H and O–H groups in total. The molecule has 29 heavy (non-hydrogen) atoms. The van der Waals surface area contributed by atoms with E-state index in [-0.39, 0.29) is 18.9 Å². The maximum absolute atomic E-state index is 5.58. The first-order chi connectivity index (χ1) is 14.0. The molecule has 148 valence electrons. The highest BCUT2D eigenvalue weighted by Crippen LogP contribution is 2.41.